The molecular formula is C6H11NO2. The number of methoxy groups -OCH3 is 2. The Morgan fingerprint density at radius 1 is 1.33 bits per heavy atom. The molecule has 0 aliphatic carbocycles. The fraction of sp³-hybridized carbons (Fsp3) is 0.500. The molecule has 0 spiro atoms. The molecule has 0 saturated carbocycles. The molecule has 3 heteroatoms. The van der Waals surface area contributed by atoms with Crippen LogP contribution in [0.25, 0.3) is 0 Å². The lowest BCUT2D eigenvalue weighted by molar-refractivity contribution is 0.283. The second-order valence-electron chi connectivity index (χ2n) is 1.39. The summed E-state index contributed by atoms with van der Waals surface area (Å²) in [4.78, 5) is 0. The minimum absolute atomic E-state index is 0.0556. The molecule has 0 aromatic carbocycles. The smallest absolute Gasteiger partial charge is 0.248 e. The van der Waals surface area contributed by atoms with Crippen LogP contribution in [0.1, 0.15) is 6.92 Å². The van der Waals surface area contributed by atoms with Crippen LogP contribution in [-0.4, -0.2) is 20.1 Å². The van der Waals surface area contributed by atoms with Crippen molar-refractivity contribution in [2.45, 2.75) is 6.92 Å². The van der Waals surface area contributed by atoms with Gasteiger partial charge in [0.25, 0.3) is 0 Å². The van der Waals surface area contributed by atoms with Crippen molar-refractivity contribution in [2.24, 2.45) is 0 Å². The maximum Gasteiger partial charge on any atom is 0.248 e. The Morgan fingerprint density at radius 2 is 1.89 bits per heavy atom. The second-order valence-corrected chi connectivity index (χ2v) is 1.39. The summed E-state index contributed by atoms with van der Waals surface area (Å²) in [5.74, 6) is 0.512. The maximum absolute atomic E-state index is 7.08. The molecule has 0 fully saturated rings. The molecule has 0 aliphatic rings. The minimum Gasteiger partial charge on any atom is -0.492 e. The normalized spacial score (nSPS) is 10.8. The average Bonchev–Trinajstić information content (AvgIpc) is 1.90. The fourth-order valence-electron chi connectivity index (χ4n) is 0.442. The van der Waals surface area contributed by atoms with E-state index < -0.39 is 0 Å². The lowest BCUT2D eigenvalue weighted by Gasteiger charge is -2.03. The van der Waals surface area contributed by atoms with E-state index >= 15 is 0 Å². The van der Waals surface area contributed by atoms with E-state index in [0.717, 1.165) is 0 Å². The van der Waals surface area contributed by atoms with E-state index in [1.165, 1.54) is 14.2 Å². The largest absolute Gasteiger partial charge is 0.492 e. The van der Waals surface area contributed by atoms with E-state index in [1.807, 2.05) is 0 Å². The van der Waals surface area contributed by atoms with Gasteiger partial charge in [0.1, 0.15) is 0 Å². The standard InChI is InChI=1S/C6H11NO2/c1-4-5(8-2)6(7)9-3/h4,7H,1-3H3/b5-4+,7-6?. The number of rotatable bonds is 2. The number of allylic oxidation sites excluding steroid dienone is 1. The van der Waals surface area contributed by atoms with Gasteiger partial charge in [0.15, 0.2) is 5.76 Å². The molecule has 3 nitrogen and oxygen atoms in total. The van der Waals surface area contributed by atoms with Crippen LogP contribution in [0.3, 0.4) is 0 Å². The SMILES string of the molecule is C/C=C(/OC)C(=N)OC. The van der Waals surface area contributed by atoms with Gasteiger partial charge in [0.05, 0.1) is 14.2 Å². The summed E-state index contributed by atoms with van der Waals surface area (Å²) in [6.45, 7) is 1.78. The molecule has 0 atom stereocenters. The fourth-order valence-corrected chi connectivity index (χ4v) is 0.442. The number of nitrogens with one attached hydrogen (secondary N) is 1. The summed E-state index contributed by atoms with van der Waals surface area (Å²) in [5, 5.41) is 7.08. The summed E-state index contributed by atoms with van der Waals surface area (Å²) >= 11 is 0. The van der Waals surface area contributed by atoms with Crippen LogP contribution in [0.4, 0.5) is 0 Å². The zero-order chi connectivity index (χ0) is 7.28. The Hall–Kier alpha value is -0.990. The predicted octanol–water partition coefficient (Wildman–Crippen LogP) is 1.16. The molecule has 0 amide bonds. The van der Waals surface area contributed by atoms with Gasteiger partial charge in [-0.25, -0.2) is 0 Å². The lowest BCUT2D eigenvalue weighted by atomic mass is 10.4. The van der Waals surface area contributed by atoms with Crippen LogP contribution in [-0.2, 0) is 9.47 Å². The quantitative estimate of drug-likeness (QED) is 0.345. The molecule has 0 rings (SSSR count). The highest BCUT2D eigenvalue weighted by molar-refractivity contribution is 5.88. The maximum atomic E-state index is 7.08. The van der Waals surface area contributed by atoms with Gasteiger partial charge in [0, 0.05) is 0 Å². The van der Waals surface area contributed by atoms with Crippen molar-refractivity contribution in [3.63, 3.8) is 0 Å². The topological polar surface area (TPSA) is 42.3 Å². The number of ether oxygens (including phenoxy) is 2. The summed E-state index contributed by atoms with van der Waals surface area (Å²) in [5.41, 5.74) is 0. The van der Waals surface area contributed by atoms with Gasteiger partial charge < -0.3 is 9.47 Å². The summed E-state index contributed by atoms with van der Waals surface area (Å²) in [6, 6.07) is 0. The first-order chi connectivity index (χ1) is 4.26. The van der Waals surface area contributed by atoms with Crippen molar-refractivity contribution in [2.75, 3.05) is 14.2 Å². The molecule has 0 heterocycles. The minimum atomic E-state index is 0.0556. The molecule has 0 aliphatic heterocycles. The zero-order valence-electron chi connectivity index (χ0n) is 5.89. The van der Waals surface area contributed by atoms with Gasteiger partial charge in [-0.05, 0) is 13.0 Å². The van der Waals surface area contributed by atoms with Crippen LogP contribution < -0.4 is 0 Å². The molecule has 0 aromatic rings. The van der Waals surface area contributed by atoms with Crippen LogP contribution in [0, 0.1) is 5.41 Å². The predicted molar refractivity (Wildman–Crippen MR) is 35.5 cm³/mol. The monoisotopic (exact) mass is 129 g/mol. The summed E-state index contributed by atoms with van der Waals surface area (Å²) < 4.78 is 9.35. The number of hydrogen-bond donors (Lipinski definition) is 1. The Balaban J connectivity index is 3.97. The molecule has 0 aromatic heterocycles. The Morgan fingerprint density at radius 3 is 2.00 bits per heavy atom. The molecule has 0 saturated heterocycles. The average molecular weight is 129 g/mol. The van der Waals surface area contributed by atoms with Crippen LogP contribution in [0.2, 0.25) is 0 Å². The van der Waals surface area contributed by atoms with E-state index in [4.69, 9.17) is 10.1 Å². The summed E-state index contributed by atoms with van der Waals surface area (Å²) in [7, 11) is 2.94. The third-order valence-corrected chi connectivity index (χ3v) is 0.910. The molecular weight excluding hydrogens is 118 g/mol. The van der Waals surface area contributed by atoms with Crippen molar-refractivity contribution < 1.29 is 9.47 Å². The molecule has 1 N–H and O–H groups in total. The Labute approximate surface area is 54.8 Å². The van der Waals surface area contributed by atoms with E-state index in [1.54, 1.807) is 13.0 Å². The van der Waals surface area contributed by atoms with Crippen molar-refractivity contribution in [3.8, 4) is 0 Å². The van der Waals surface area contributed by atoms with Crippen molar-refractivity contribution in [1.29, 1.82) is 5.41 Å². The molecule has 9 heavy (non-hydrogen) atoms. The van der Waals surface area contributed by atoms with Gasteiger partial charge in [0.2, 0.25) is 5.90 Å². The van der Waals surface area contributed by atoms with Gasteiger partial charge in [-0.3, -0.25) is 5.41 Å². The van der Waals surface area contributed by atoms with E-state index in [-0.39, 0.29) is 5.90 Å². The molecule has 52 valence electrons. The van der Waals surface area contributed by atoms with Gasteiger partial charge in [-0.2, -0.15) is 0 Å². The third-order valence-electron chi connectivity index (χ3n) is 0.910. The van der Waals surface area contributed by atoms with E-state index in [2.05, 4.69) is 4.74 Å². The van der Waals surface area contributed by atoms with Gasteiger partial charge in [-0.1, -0.05) is 0 Å². The van der Waals surface area contributed by atoms with Crippen LogP contribution in [0.5, 0.6) is 0 Å². The highest BCUT2D eigenvalue weighted by atomic mass is 16.5. The zero-order valence-corrected chi connectivity index (χ0v) is 5.89. The first-order valence-corrected chi connectivity index (χ1v) is 2.59. The van der Waals surface area contributed by atoms with Crippen molar-refractivity contribution in [1.82, 2.24) is 0 Å². The molecule has 0 bridgehead atoms. The Kier molecular flexibility index (Phi) is 3.51. The van der Waals surface area contributed by atoms with E-state index in [9.17, 15) is 0 Å². The lowest BCUT2D eigenvalue weighted by Crippen LogP contribution is -2.04. The third kappa shape index (κ3) is 2.17. The van der Waals surface area contributed by atoms with Gasteiger partial charge >= 0.3 is 0 Å². The number of hydrogen-bond acceptors (Lipinski definition) is 3. The molecule has 0 unspecified atom stereocenters. The highest BCUT2D eigenvalue weighted by Crippen LogP contribution is 1.96. The van der Waals surface area contributed by atoms with E-state index in [0.29, 0.717) is 5.76 Å². The second kappa shape index (κ2) is 3.95. The Bertz CT molecular complexity index is 129. The first-order valence-electron chi connectivity index (χ1n) is 2.59. The first kappa shape index (κ1) is 8.01. The molecule has 0 radical (unpaired) electrons. The van der Waals surface area contributed by atoms with Gasteiger partial charge in [-0.15, -0.1) is 0 Å². The van der Waals surface area contributed by atoms with Crippen molar-refractivity contribution >= 4 is 5.90 Å². The van der Waals surface area contributed by atoms with Crippen LogP contribution in [0.15, 0.2) is 11.8 Å². The van der Waals surface area contributed by atoms with Crippen LogP contribution >= 0.6 is 0 Å². The highest BCUT2D eigenvalue weighted by Gasteiger charge is 2.00. The summed E-state index contributed by atoms with van der Waals surface area (Å²) in [6.07, 6.45) is 1.67. The van der Waals surface area contributed by atoms with Crippen molar-refractivity contribution in [3.05, 3.63) is 11.8 Å².